The number of aryl methyl sites for hydroxylation is 3. The van der Waals surface area contributed by atoms with Crippen LogP contribution in [0.25, 0.3) is 22.1 Å². The van der Waals surface area contributed by atoms with Crippen LogP contribution in [0.3, 0.4) is 0 Å². The Balaban J connectivity index is 1.21. The van der Waals surface area contributed by atoms with Crippen molar-refractivity contribution in [2.45, 2.75) is 13.8 Å². The summed E-state index contributed by atoms with van der Waals surface area (Å²) >= 11 is 0. The molecule has 1 aliphatic rings. The average molecular weight is 536 g/mol. The molecule has 202 valence electrons. The highest BCUT2D eigenvalue weighted by molar-refractivity contribution is 5.88. The Bertz CT molecular complexity index is 1760. The van der Waals surface area contributed by atoms with Crippen LogP contribution in [0.2, 0.25) is 0 Å². The van der Waals surface area contributed by atoms with Crippen molar-refractivity contribution in [3.05, 3.63) is 73.0 Å². The van der Waals surface area contributed by atoms with Crippen LogP contribution >= 0.6 is 0 Å². The minimum Gasteiger partial charge on any atom is -0.457 e. The number of hydrogen-bond acceptors (Lipinski definition) is 9. The molecule has 1 amide bonds. The zero-order valence-corrected chi connectivity index (χ0v) is 22.6. The largest absolute Gasteiger partial charge is 0.457 e. The van der Waals surface area contributed by atoms with Crippen LogP contribution in [-0.4, -0.2) is 66.5 Å². The number of rotatable bonds is 6. The number of aromatic nitrogens is 6. The van der Waals surface area contributed by atoms with Gasteiger partial charge in [-0.2, -0.15) is 0 Å². The molecule has 1 saturated heterocycles. The highest BCUT2D eigenvalue weighted by Crippen LogP contribution is 2.32. The van der Waals surface area contributed by atoms with E-state index in [1.54, 1.807) is 11.1 Å². The first-order chi connectivity index (χ1) is 19.4. The van der Waals surface area contributed by atoms with E-state index < -0.39 is 0 Å². The maximum atomic E-state index is 11.9. The molecule has 4 heterocycles. The molecular formula is C29H29N9O2. The quantitative estimate of drug-likeness (QED) is 0.318. The molecule has 11 heteroatoms. The molecule has 0 radical (unpaired) electrons. The lowest BCUT2D eigenvalue weighted by Gasteiger charge is -2.34. The predicted molar refractivity (Wildman–Crippen MR) is 154 cm³/mol. The summed E-state index contributed by atoms with van der Waals surface area (Å²) in [6, 6.07) is 9.86. The molecule has 0 unspecified atom stereocenters. The smallest absolute Gasteiger partial charge is 0.246 e. The lowest BCUT2D eigenvalue weighted by Crippen LogP contribution is -2.48. The van der Waals surface area contributed by atoms with Crippen molar-refractivity contribution in [3.63, 3.8) is 0 Å². The van der Waals surface area contributed by atoms with Gasteiger partial charge in [-0.25, -0.2) is 24.9 Å². The number of hydrogen-bond donors (Lipinski definition) is 1. The third-order valence-corrected chi connectivity index (χ3v) is 7.06. The molecule has 2 aromatic carbocycles. The summed E-state index contributed by atoms with van der Waals surface area (Å²) in [7, 11) is 1.99. The topological polar surface area (TPSA) is 114 Å². The third kappa shape index (κ3) is 4.77. The fourth-order valence-corrected chi connectivity index (χ4v) is 5.00. The molecule has 0 saturated carbocycles. The van der Waals surface area contributed by atoms with Crippen LogP contribution in [0.1, 0.15) is 11.1 Å². The van der Waals surface area contributed by atoms with Crippen molar-refractivity contribution in [2.75, 3.05) is 36.4 Å². The van der Waals surface area contributed by atoms with Crippen LogP contribution < -0.4 is 15.0 Å². The lowest BCUT2D eigenvalue weighted by atomic mass is 10.1. The summed E-state index contributed by atoms with van der Waals surface area (Å²) < 4.78 is 8.25. The molecule has 40 heavy (non-hydrogen) atoms. The SMILES string of the molecule is C=CC(=O)N1CCN(c2ncc3ncnc(Nc4ccc(Oc5cc(C)c6c(c5)ncn6C)c(C)c4)c3n2)CC1. The van der Waals surface area contributed by atoms with Crippen molar-refractivity contribution < 1.29 is 9.53 Å². The number of amides is 1. The van der Waals surface area contributed by atoms with Crippen molar-refractivity contribution in [1.29, 1.82) is 0 Å². The van der Waals surface area contributed by atoms with Crippen LogP contribution in [0.4, 0.5) is 17.5 Å². The van der Waals surface area contributed by atoms with Gasteiger partial charge in [-0.05, 0) is 55.3 Å². The molecule has 6 rings (SSSR count). The van der Waals surface area contributed by atoms with E-state index in [2.05, 4.69) is 43.7 Å². The molecule has 0 atom stereocenters. The fraction of sp³-hybridized carbons (Fsp3) is 0.241. The number of carbonyl (C=O) groups is 1. The Morgan fingerprint density at radius 2 is 1.82 bits per heavy atom. The van der Waals surface area contributed by atoms with E-state index in [9.17, 15) is 4.79 Å². The second-order valence-corrected chi connectivity index (χ2v) is 9.81. The molecule has 5 aromatic rings. The maximum absolute atomic E-state index is 11.9. The average Bonchev–Trinajstić information content (AvgIpc) is 3.35. The van der Waals surface area contributed by atoms with Crippen molar-refractivity contribution in [2.24, 2.45) is 7.05 Å². The zero-order valence-electron chi connectivity index (χ0n) is 22.6. The summed E-state index contributed by atoms with van der Waals surface area (Å²) in [5.74, 6) is 2.60. The summed E-state index contributed by atoms with van der Waals surface area (Å²) in [5, 5.41) is 3.38. The van der Waals surface area contributed by atoms with Gasteiger partial charge in [-0.15, -0.1) is 0 Å². The van der Waals surface area contributed by atoms with E-state index in [1.807, 2.05) is 55.2 Å². The number of nitrogens with zero attached hydrogens (tertiary/aromatic N) is 8. The number of carbonyl (C=O) groups excluding carboxylic acids is 1. The van der Waals surface area contributed by atoms with Crippen molar-refractivity contribution in [3.8, 4) is 11.5 Å². The molecule has 1 fully saturated rings. The van der Waals surface area contributed by atoms with E-state index >= 15 is 0 Å². The number of anilines is 3. The summed E-state index contributed by atoms with van der Waals surface area (Å²) in [6.45, 7) is 10.1. The van der Waals surface area contributed by atoms with Gasteiger partial charge in [-0.3, -0.25) is 4.79 Å². The Morgan fingerprint density at radius 3 is 2.60 bits per heavy atom. The number of benzene rings is 2. The van der Waals surface area contributed by atoms with Crippen LogP contribution in [0.15, 0.2) is 61.8 Å². The zero-order chi connectivity index (χ0) is 27.8. The Morgan fingerprint density at radius 1 is 1.00 bits per heavy atom. The van der Waals surface area contributed by atoms with Gasteiger partial charge in [0.25, 0.3) is 0 Å². The molecular weight excluding hydrogens is 506 g/mol. The van der Waals surface area contributed by atoms with E-state index in [0.717, 1.165) is 39.3 Å². The predicted octanol–water partition coefficient (Wildman–Crippen LogP) is 4.29. The van der Waals surface area contributed by atoms with Gasteiger partial charge in [0, 0.05) is 45.0 Å². The molecule has 0 bridgehead atoms. The van der Waals surface area contributed by atoms with E-state index in [1.165, 1.54) is 12.4 Å². The summed E-state index contributed by atoms with van der Waals surface area (Å²) in [5.41, 5.74) is 6.16. The second-order valence-electron chi connectivity index (χ2n) is 9.81. The van der Waals surface area contributed by atoms with Gasteiger partial charge >= 0.3 is 0 Å². The summed E-state index contributed by atoms with van der Waals surface area (Å²) in [6.07, 6.45) is 6.35. The molecule has 0 spiro atoms. The minimum absolute atomic E-state index is 0.0601. The van der Waals surface area contributed by atoms with Crippen molar-refractivity contribution >= 4 is 45.4 Å². The van der Waals surface area contributed by atoms with Gasteiger partial charge in [0.15, 0.2) is 5.82 Å². The molecule has 1 N–H and O–H groups in total. The van der Waals surface area contributed by atoms with E-state index in [0.29, 0.717) is 49.0 Å². The summed E-state index contributed by atoms with van der Waals surface area (Å²) in [4.78, 5) is 38.3. The third-order valence-electron chi connectivity index (χ3n) is 7.06. The Labute approximate surface area is 231 Å². The first-order valence-corrected chi connectivity index (χ1v) is 13.0. The standard InChI is InChI=1S/C29H29N9O2/c1-5-25(39)37-8-10-38(11-9-37)29-30-15-23-26(35-29)28(32-16-31-23)34-20-6-7-24(18(2)12-20)40-21-13-19(3)27-22(14-21)33-17-36(27)4/h5-7,12-17H,1,8-11H2,2-4H3,(H,31,32,34). The van der Waals surface area contributed by atoms with Gasteiger partial charge in [0.2, 0.25) is 11.9 Å². The molecule has 3 aromatic heterocycles. The normalized spacial score (nSPS) is 13.6. The number of piperazine rings is 1. The van der Waals surface area contributed by atoms with E-state index in [-0.39, 0.29) is 5.91 Å². The van der Waals surface area contributed by atoms with E-state index in [4.69, 9.17) is 9.72 Å². The number of imidazole rings is 1. The van der Waals surface area contributed by atoms with Gasteiger partial charge < -0.3 is 24.4 Å². The minimum atomic E-state index is -0.0601. The van der Waals surface area contributed by atoms with Gasteiger partial charge in [0.05, 0.1) is 23.6 Å². The second kappa shape index (κ2) is 10.3. The first kappa shape index (κ1) is 25.2. The lowest BCUT2D eigenvalue weighted by molar-refractivity contribution is -0.126. The van der Waals surface area contributed by atoms with Crippen LogP contribution in [0.5, 0.6) is 11.5 Å². The van der Waals surface area contributed by atoms with Crippen molar-refractivity contribution in [1.82, 2.24) is 34.4 Å². The molecule has 1 aliphatic heterocycles. The highest BCUT2D eigenvalue weighted by atomic mass is 16.5. The monoisotopic (exact) mass is 535 g/mol. The first-order valence-electron chi connectivity index (χ1n) is 13.0. The molecule has 0 aliphatic carbocycles. The highest BCUT2D eigenvalue weighted by Gasteiger charge is 2.22. The Hall–Kier alpha value is -5.06. The molecule has 11 nitrogen and oxygen atoms in total. The van der Waals surface area contributed by atoms with Crippen LogP contribution in [0, 0.1) is 13.8 Å². The Kier molecular flexibility index (Phi) is 6.47. The number of ether oxygens (including phenoxy) is 1. The fourth-order valence-electron chi connectivity index (χ4n) is 5.00. The maximum Gasteiger partial charge on any atom is 0.246 e. The number of nitrogens with one attached hydrogen (secondary N) is 1. The number of fused-ring (bicyclic) bond motifs is 2. The van der Waals surface area contributed by atoms with Crippen LogP contribution in [-0.2, 0) is 11.8 Å². The van der Waals surface area contributed by atoms with Gasteiger partial charge in [-0.1, -0.05) is 6.58 Å². The van der Waals surface area contributed by atoms with Gasteiger partial charge in [0.1, 0.15) is 28.9 Å².